The van der Waals surface area contributed by atoms with Gasteiger partial charge in [-0.1, -0.05) is 30.3 Å². The molecule has 34 heavy (non-hydrogen) atoms. The fourth-order valence-corrected chi connectivity index (χ4v) is 4.14. The number of hydrogen-bond acceptors (Lipinski definition) is 6. The Hall–Kier alpha value is -3.89. The molecule has 3 N–H and O–H groups in total. The number of sulfonamides is 1. The fourth-order valence-electron chi connectivity index (χ4n) is 3.06. The van der Waals surface area contributed by atoms with Crippen LogP contribution in [0.1, 0.15) is 10.4 Å². The maximum absolute atomic E-state index is 12.6. The number of nitrogens with one attached hydrogen (secondary N) is 3. The van der Waals surface area contributed by atoms with Crippen LogP contribution in [0.2, 0.25) is 0 Å². The highest BCUT2D eigenvalue weighted by Crippen LogP contribution is 2.29. The summed E-state index contributed by atoms with van der Waals surface area (Å²) in [6.45, 7) is -0.111. The van der Waals surface area contributed by atoms with E-state index in [1.165, 1.54) is 33.3 Å². The summed E-state index contributed by atoms with van der Waals surface area (Å²) >= 11 is 0. The molecular formula is C24H26N4O5S. The van der Waals surface area contributed by atoms with Crippen molar-refractivity contribution in [2.75, 3.05) is 43.7 Å². The van der Waals surface area contributed by atoms with Crippen LogP contribution in [0.15, 0.2) is 77.7 Å². The summed E-state index contributed by atoms with van der Waals surface area (Å²) in [5.41, 5.74) is 1.90. The van der Waals surface area contributed by atoms with Crippen molar-refractivity contribution in [3.63, 3.8) is 0 Å². The predicted molar refractivity (Wildman–Crippen MR) is 132 cm³/mol. The zero-order chi connectivity index (χ0) is 24.7. The summed E-state index contributed by atoms with van der Waals surface area (Å²) in [5, 5.41) is 8.50. The molecular weight excluding hydrogens is 456 g/mol. The van der Waals surface area contributed by atoms with Crippen molar-refractivity contribution in [1.82, 2.24) is 4.31 Å². The van der Waals surface area contributed by atoms with Crippen LogP contribution in [-0.4, -0.2) is 52.3 Å². The van der Waals surface area contributed by atoms with Gasteiger partial charge in [0.2, 0.25) is 15.9 Å². The largest absolute Gasteiger partial charge is 0.495 e. The van der Waals surface area contributed by atoms with Gasteiger partial charge < -0.3 is 20.7 Å². The Morgan fingerprint density at radius 1 is 0.882 bits per heavy atom. The number of benzene rings is 3. The van der Waals surface area contributed by atoms with E-state index in [1.54, 1.807) is 54.6 Å². The first kappa shape index (κ1) is 24.7. The normalized spacial score (nSPS) is 11.1. The first-order valence-corrected chi connectivity index (χ1v) is 11.8. The molecule has 0 aliphatic heterocycles. The summed E-state index contributed by atoms with van der Waals surface area (Å²) in [6, 6.07) is 20.2. The molecule has 0 aliphatic rings. The van der Waals surface area contributed by atoms with E-state index >= 15 is 0 Å². The number of hydrogen-bond donors (Lipinski definition) is 3. The van der Waals surface area contributed by atoms with E-state index in [0.29, 0.717) is 22.6 Å². The zero-order valence-electron chi connectivity index (χ0n) is 19.0. The van der Waals surface area contributed by atoms with Gasteiger partial charge in [0.05, 0.1) is 25.0 Å². The standard InChI is InChI=1S/C24H26N4O5S/c1-28(2)34(31,32)22-15-18(13-14-21(22)33-3)26-23(29)16-25-19-11-7-8-12-20(19)27-24(30)17-9-5-4-6-10-17/h4-15,25H,16H2,1-3H3,(H,26,29)(H,27,30). The van der Waals surface area contributed by atoms with Gasteiger partial charge in [-0.3, -0.25) is 9.59 Å². The number of rotatable bonds is 9. The highest BCUT2D eigenvalue weighted by molar-refractivity contribution is 7.89. The molecule has 0 atom stereocenters. The number of carbonyl (C=O) groups is 2. The van der Waals surface area contributed by atoms with Crippen molar-refractivity contribution < 1.29 is 22.7 Å². The second-order valence-electron chi connectivity index (χ2n) is 7.42. The third kappa shape index (κ3) is 5.91. The van der Waals surface area contributed by atoms with Gasteiger partial charge in [0, 0.05) is 25.3 Å². The van der Waals surface area contributed by atoms with E-state index in [4.69, 9.17) is 4.74 Å². The van der Waals surface area contributed by atoms with Crippen molar-refractivity contribution in [1.29, 1.82) is 0 Å². The highest BCUT2D eigenvalue weighted by atomic mass is 32.2. The minimum absolute atomic E-state index is 0.0558. The Kier molecular flexibility index (Phi) is 7.87. The summed E-state index contributed by atoms with van der Waals surface area (Å²) in [7, 11) is 0.432. The van der Waals surface area contributed by atoms with Crippen LogP contribution in [0, 0.1) is 0 Å². The summed E-state index contributed by atoms with van der Waals surface area (Å²) in [6.07, 6.45) is 0. The summed E-state index contributed by atoms with van der Waals surface area (Å²) < 4.78 is 31.4. The Bertz CT molecular complexity index is 1280. The minimum Gasteiger partial charge on any atom is -0.495 e. The molecule has 0 saturated heterocycles. The van der Waals surface area contributed by atoms with E-state index in [0.717, 1.165) is 4.31 Å². The van der Waals surface area contributed by atoms with Crippen LogP contribution in [0.3, 0.4) is 0 Å². The maximum atomic E-state index is 12.6. The van der Waals surface area contributed by atoms with Crippen LogP contribution in [-0.2, 0) is 14.8 Å². The van der Waals surface area contributed by atoms with E-state index in [9.17, 15) is 18.0 Å². The molecule has 0 bridgehead atoms. The molecule has 3 aromatic rings. The third-order valence-electron chi connectivity index (χ3n) is 4.86. The van der Waals surface area contributed by atoms with Crippen LogP contribution in [0.5, 0.6) is 5.75 Å². The van der Waals surface area contributed by atoms with E-state index in [-0.39, 0.29) is 23.1 Å². The predicted octanol–water partition coefficient (Wildman–Crippen LogP) is 3.25. The van der Waals surface area contributed by atoms with Crippen LogP contribution >= 0.6 is 0 Å². The molecule has 0 saturated carbocycles. The number of para-hydroxylation sites is 2. The molecule has 0 spiro atoms. The molecule has 3 aromatic carbocycles. The number of amides is 2. The molecule has 3 rings (SSSR count). The lowest BCUT2D eigenvalue weighted by Gasteiger charge is -2.16. The van der Waals surface area contributed by atoms with Crippen molar-refractivity contribution in [3.8, 4) is 5.75 Å². The Morgan fingerprint density at radius 2 is 1.53 bits per heavy atom. The van der Waals surface area contributed by atoms with Gasteiger partial charge in [0.25, 0.3) is 5.91 Å². The second kappa shape index (κ2) is 10.8. The fraction of sp³-hybridized carbons (Fsp3) is 0.167. The van der Waals surface area contributed by atoms with E-state index in [2.05, 4.69) is 16.0 Å². The van der Waals surface area contributed by atoms with Gasteiger partial charge in [-0.25, -0.2) is 12.7 Å². The summed E-state index contributed by atoms with van der Waals surface area (Å²) in [5.74, 6) is -0.498. The molecule has 0 aliphatic carbocycles. The molecule has 0 aromatic heterocycles. The van der Waals surface area contributed by atoms with Gasteiger partial charge >= 0.3 is 0 Å². The molecule has 9 nitrogen and oxygen atoms in total. The first-order chi connectivity index (χ1) is 16.2. The second-order valence-corrected chi connectivity index (χ2v) is 9.54. The molecule has 178 valence electrons. The highest BCUT2D eigenvalue weighted by Gasteiger charge is 2.23. The van der Waals surface area contributed by atoms with Crippen LogP contribution in [0.4, 0.5) is 17.1 Å². The molecule has 0 radical (unpaired) electrons. The van der Waals surface area contributed by atoms with Crippen LogP contribution in [0.25, 0.3) is 0 Å². The van der Waals surface area contributed by atoms with Crippen molar-refractivity contribution in [3.05, 3.63) is 78.4 Å². The SMILES string of the molecule is COc1ccc(NC(=O)CNc2ccccc2NC(=O)c2ccccc2)cc1S(=O)(=O)N(C)C. The Morgan fingerprint density at radius 3 is 2.18 bits per heavy atom. The van der Waals surface area contributed by atoms with Gasteiger partial charge in [-0.05, 0) is 42.5 Å². The first-order valence-electron chi connectivity index (χ1n) is 10.3. The van der Waals surface area contributed by atoms with Gasteiger partial charge in [0.15, 0.2) is 0 Å². The lowest BCUT2D eigenvalue weighted by atomic mass is 10.2. The monoisotopic (exact) mass is 482 g/mol. The van der Waals surface area contributed by atoms with Crippen LogP contribution < -0.4 is 20.7 Å². The van der Waals surface area contributed by atoms with E-state index in [1.807, 2.05) is 6.07 Å². The minimum atomic E-state index is -3.77. The van der Waals surface area contributed by atoms with Crippen molar-refractivity contribution >= 4 is 38.9 Å². The lowest BCUT2D eigenvalue weighted by Crippen LogP contribution is -2.24. The molecule has 0 unspecified atom stereocenters. The molecule has 2 amide bonds. The van der Waals surface area contributed by atoms with Crippen molar-refractivity contribution in [2.24, 2.45) is 0 Å². The molecule has 0 heterocycles. The zero-order valence-corrected chi connectivity index (χ0v) is 19.8. The smallest absolute Gasteiger partial charge is 0.255 e. The number of anilines is 3. The number of methoxy groups -OCH3 is 1. The van der Waals surface area contributed by atoms with Gasteiger partial charge in [-0.2, -0.15) is 0 Å². The Balaban J connectivity index is 1.69. The molecule has 10 heteroatoms. The van der Waals surface area contributed by atoms with Crippen molar-refractivity contribution in [2.45, 2.75) is 4.90 Å². The topological polar surface area (TPSA) is 117 Å². The number of ether oxygens (including phenoxy) is 1. The third-order valence-corrected chi connectivity index (χ3v) is 6.69. The Labute approximate surface area is 198 Å². The maximum Gasteiger partial charge on any atom is 0.255 e. The number of nitrogens with zero attached hydrogens (tertiary/aromatic N) is 1. The van der Waals surface area contributed by atoms with E-state index < -0.39 is 15.9 Å². The average Bonchev–Trinajstić information content (AvgIpc) is 2.84. The quantitative estimate of drug-likeness (QED) is 0.431. The van der Waals surface area contributed by atoms with Gasteiger partial charge in [-0.15, -0.1) is 0 Å². The molecule has 0 fully saturated rings. The average molecular weight is 483 g/mol. The summed E-state index contributed by atoms with van der Waals surface area (Å²) in [4.78, 5) is 25.0. The van der Waals surface area contributed by atoms with Gasteiger partial charge in [0.1, 0.15) is 10.6 Å². The lowest BCUT2D eigenvalue weighted by molar-refractivity contribution is -0.114. The number of carbonyl (C=O) groups excluding carboxylic acids is 2.